The molecule has 2 heterocycles. The third kappa shape index (κ3) is 4.64. The second-order valence-electron chi connectivity index (χ2n) is 8.40. The molecule has 0 bridgehead atoms. The Balaban J connectivity index is 1.27. The number of hydrogen-bond acceptors (Lipinski definition) is 5. The largest absolute Gasteiger partial charge is 0.378 e. The van der Waals surface area contributed by atoms with Crippen molar-refractivity contribution < 1.29 is 4.74 Å². The molecule has 0 amide bonds. The molecule has 3 aromatic rings. The standard InChI is InChI=1S/C26H27ClN4O/c1-2-18-17-28-26(29-20-7-9-21(10-8-20)31-11-13-32-14-12-31)30-25(18)16-19-15-23(19)22-5-3-4-6-24(22)27/h2-10,17,19,23H,1,11-16H2,(H,28,29,30)/t19-,23?/m0/s1. The van der Waals surface area contributed by atoms with Crippen molar-refractivity contribution in [3.8, 4) is 0 Å². The van der Waals surface area contributed by atoms with E-state index in [1.165, 1.54) is 11.3 Å². The van der Waals surface area contributed by atoms with Gasteiger partial charge in [-0.2, -0.15) is 0 Å². The molecule has 0 radical (unpaired) electrons. The first-order chi connectivity index (χ1) is 15.7. The molecule has 1 aliphatic carbocycles. The van der Waals surface area contributed by atoms with Crippen LogP contribution in [0.1, 0.15) is 29.2 Å². The predicted molar refractivity (Wildman–Crippen MR) is 131 cm³/mol. The van der Waals surface area contributed by atoms with Crippen LogP contribution in [0.25, 0.3) is 6.08 Å². The second kappa shape index (κ2) is 9.31. The maximum Gasteiger partial charge on any atom is 0.227 e. The van der Waals surface area contributed by atoms with Crippen LogP contribution in [0, 0.1) is 5.92 Å². The molecule has 2 aromatic carbocycles. The van der Waals surface area contributed by atoms with Crippen LogP contribution in [-0.2, 0) is 11.2 Å². The summed E-state index contributed by atoms with van der Waals surface area (Å²) in [7, 11) is 0. The van der Waals surface area contributed by atoms with Crippen LogP contribution < -0.4 is 10.2 Å². The maximum atomic E-state index is 6.40. The number of ether oxygens (including phenoxy) is 1. The maximum absolute atomic E-state index is 6.40. The van der Waals surface area contributed by atoms with E-state index < -0.39 is 0 Å². The van der Waals surface area contributed by atoms with Crippen LogP contribution in [0.4, 0.5) is 17.3 Å². The van der Waals surface area contributed by atoms with Gasteiger partial charge in [0.05, 0.1) is 18.9 Å². The van der Waals surface area contributed by atoms with Gasteiger partial charge in [-0.25, -0.2) is 9.97 Å². The molecular weight excluding hydrogens is 420 g/mol. The van der Waals surface area contributed by atoms with Gasteiger partial charge in [0.25, 0.3) is 0 Å². The van der Waals surface area contributed by atoms with Gasteiger partial charge in [-0.3, -0.25) is 0 Å². The summed E-state index contributed by atoms with van der Waals surface area (Å²) in [4.78, 5) is 11.7. The van der Waals surface area contributed by atoms with Crippen LogP contribution >= 0.6 is 11.6 Å². The summed E-state index contributed by atoms with van der Waals surface area (Å²) >= 11 is 6.40. The number of halogens is 1. The summed E-state index contributed by atoms with van der Waals surface area (Å²) < 4.78 is 5.44. The average molecular weight is 447 g/mol. The van der Waals surface area contributed by atoms with Crippen molar-refractivity contribution >= 4 is 35.0 Å². The van der Waals surface area contributed by atoms with Gasteiger partial charge in [-0.1, -0.05) is 42.5 Å². The SMILES string of the molecule is C=Cc1cnc(Nc2ccc(N3CCOCC3)cc2)nc1C[C@@H]1CC1c1ccccc1Cl. The molecule has 2 aliphatic rings. The number of hydrogen-bond donors (Lipinski definition) is 1. The lowest BCUT2D eigenvalue weighted by Crippen LogP contribution is -2.36. The fourth-order valence-corrected chi connectivity index (χ4v) is 4.68. The van der Waals surface area contributed by atoms with Gasteiger partial charge in [-0.15, -0.1) is 0 Å². The number of anilines is 3. The highest BCUT2D eigenvalue weighted by molar-refractivity contribution is 6.31. The van der Waals surface area contributed by atoms with Gasteiger partial charge in [0.2, 0.25) is 5.95 Å². The molecule has 2 atom stereocenters. The Kier molecular flexibility index (Phi) is 6.10. The van der Waals surface area contributed by atoms with Gasteiger partial charge in [-0.05, 0) is 60.6 Å². The van der Waals surface area contributed by atoms with E-state index in [1.807, 2.05) is 24.4 Å². The molecule has 32 heavy (non-hydrogen) atoms. The Morgan fingerprint density at radius 1 is 1.12 bits per heavy atom. The normalized spacial score (nSPS) is 20.1. The Hall–Kier alpha value is -2.89. The van der Waals surface area contributed by atoms with Crippen molar-refractivity contribution in [2.45, 2.75) is 18.8 Å². The molecule has 164 valence electrons. The number of rotatable bonds is 7. The lowest BCUT2D eigenvalue weighted by molar-refractivity contribution is 0.122. The van der Waals surface area contributed by atoms with Crippen molar-refractivity contribution in [1.29, 1.82) is 0 Å². The zero-order chi connectivity index (χ0) is 21.9. The van der Waals surface area contributed by atoms with Gasteiger partial charge in [0, 0.05) is 41.2 Å². The number of morpholine rings is 1. The summed E-state index contributed by atoms with van der Waals surface area (Å²) in [6, 6.07) is 16.6. The third-order valence-corrected chi connectivity index (χ3v) is 6.65. The van der Waals surface area contributed by atoms with E-state index in [0.717, 1.165) is 61.1 Å². The minimum absolute atomic E-state index is 0.500. The molecule has 5 nitrogen and oxygen atoms in total. The van der Waals surface area contributed by atoms with E-state index in [0.29, 0.717) is 17.8 Å². The Morgan fingerprint density at radius 2 is 1.91 bits per heavy atom. The fourth-order valence-electron chi connectivity index (χ4n) is 4.41. The smallest absolute Gasteiger partial charge is 0.227 e. The van der Waals surface area contributed by atoms with Crippen molar-refractivity contribution in [2.75, 3.05) is 36.5 Å². The number of benzene rings is 2. The number of aromatic nitrogens is 2. The van der Waals surface area contributed by atoms with Gasteiger partial charge < -0.3 is 15.0 Å². The van der Waals surface area contributed by atoms with E-state index in [1.54, 1.807) is 0 Å². The zero-order valence-electron chi connectivity index (χ0n) is 18.0. The van der Waals surface area contributed by atoms with Gasteiger partial charge in [0.15, 0.2) is 0 Å². The minimum Gasteiger partial charge on any atom is -0.378 e. The predicted octanol–water partition coefficient (Wildman–Crippen LogP) is 5.70. The topological polar surface area (TPSA) is 50.3 Å². The average Bonchev–Trinajstić information content (AvgIpc) is 3.59. The van der Waals surface area contributed by atoms with Crippen LogP contribution in [0.5, 0.6) is 0 Å². The molecule has 6 heteroatoms. The molecule has 0 spiro atoms. The zero-order valence-corrected chi connectivity index (χ0v) is 18.8. The highest BCUT2D eigenvalue weighted by Crippen LogP contribution is 2.51. The molecule has 2 fully saturated rings. The summed E-state index contributed by atoms with van der Waals surface area (Å²) in [5.41, 5.74) is 5.44. The minimum atomic E-state index is 0.500. The first-order valence-corrected chi connectivity index (χ1v) is 11.5. The summed E-state index contributed by atoms with van der Waals surface area (Å²) in [6.45, 7) is 7.37. The van der Waals surface area contributed by atoms with Crippen molar-refractivity contribution in [3.63, 3.8) is 0 Å². The molecule has 1 aromatic heterocycles. The Bertz CT molecular complexity index is 1100. The molecule has 1 saturated heterocycles. The second-order valence-corrected chi connectivity index (χ2v) is 8.81. The van der Waals surface area contributed by atoms with Gasteiger partial charge in [0.1, 0.15) is 0 Å². The molecular formula is C26H27ClN4O. The third-order valence-electron chi connectivity index (χ3n) is 6.30. The van der Waals surface area contributed by atoms with E-state index in [-0.39, 0.29) is 0 Å². The summed E-state index contributed by atoms with van der Waals surface area (Å²) in [6.07, 6.45) is 5.72. The Morgan fingerprint density at radius 3 is 2.66 bits per heavy atom. The number of nitrogens with zero attached hydrogens (tertiary/aromatic N) is 3. The fraction of sp³-hybridized carbons (Fsp3) is 0.308. The monoisotopic (exact) mass is 446 g/mol. The molecule has 1 N–H and O–H groups in total. The summed E-state index contributed by atoms with van der Waals surface area (Å²) in [5, 5.41) is 4.21. The first-order valence-electron chi connectivity index (χ1n) is 11.1. The lowest BCUT2D eigenvalue weighted by Gasteiger charge is -2.28. The van der Waals surface area contributed by atoms with E-state index in [2.05, 4.69) is 58.2 Å². The van der Waals surface area contributed by atoms with Crippen LogP contribution in [0.3, 0.4) is 0 Å². The van der Waals surface area contributed by atoms with Crippen LogP contribution in [0.2, 0.25) is 5.02 Å². The van der Waals surface area contributed by atoms with Gasteiger partial charge >= 0.3 is 0 Å². The lowest BCUT2D eigenvalue weighted by atomic mass is 10.0. The first kappa shape index (κ1) is 21.0. The van der Waals surface area contributed by atoms with E-state index in [4.69, 9.17) is 21.3 Å². The quantitative estimate of drug-likeness (QED) is 0.504. The number of nitrogens with one attached hydrogen (secondary N) is 1. The molecule has 1 saturated carbocycles. The highest BCUT2D eigenvalue weighted by atomic mass is 35.5. The van der Waals surface area contributed by atoms with E-state index >= 15 is 0 Å². The highest BCUT2D eigenvalue weighted by Gasteiger charge is 2.39. The van der Waals surface area contributed by atoms with Crippen molar-refractivity contribution in [2.24, 2.45) is 5.92 Å². The van der Waals surface area contributed by atoms with Crippen molar-refractivity contribution in [3.05, 3.63) is 83.2 Å². The summed E-state index contributed by atoms with van der Waals surface area (Å²) in [5.74, 6) is 1.66. The molecule has 1 unspecified atom stereocenters. The van der Waals surface area contributed by atoms with Crippen molar-refractivity contribution in [1.82, 2.24) is 9.97 Å². The van der Waals surface area contributed by atoms with Crippen LogP contribution in [-0.4, -0.2) is 36.3 Å². The molecule has 5 rings (SSSR count). The molecule has 1 aliphatic heterocycles. The van der Waals surface area contributed by atoms with Crippen LogP contribution in [0.15, 0.2) is 61.3 Å². The Labute approximate surface area is 194 Å². The van der Waals surface area contributed by atoms with E-state index in [9.17, 15) is 0 Å².